The molecule has 1 aromatic heterocycles. The van der Waals surface area contributed by atoms with Crippen molar-refractivity contribution in [3.8, 4) is 5.75 Å². The first kappa shape index (κ1) is 28.0. The number of benzene rings is 2. The molecule has 200 valence electrons. The summed E-state index contributed by atoms with van der Waals surface area (Å²) in [5, 5.41) is 0. The number of carbonyl (C=O) groups excluding carboxylic acids is 1. The SMILES string of the molecule is CCCCOc1ccc(Br)cc1C=c1sc2n(c1=O)C(c1ccc(C(C)C)cc1)C(C(=O)OCC)=C(C)N=2. The van der Waals surface area contributed by atoms with Gasteiger partial charge in [0, 0.05) is 10.0 Å². The van der Waals surface area contributed by atoms with E-state index >= 15 is 0 Å². The van der Waals surface area contributed by atoms with Gasteiger partial charge < -0.3 is 9.47 Å². The molecule has 0 radical (unpaired) electrons. The molecule has 8 heteroatoms. The normalized spacial score (nSPS) is 15.4. The van der Waals surface area contributed by atoms with Gasteiger partial charge in [-0.1, -0.05) is 78.7 Å². The molecule has 0 N–H and O–H groups in total. The topological polar surface area (TPSA) is 69.9 Å². The highest BCUT2D eigenvalue weighted by atomic mass is 79.9. The first-order valence-corrected chi connectivity index (χ1v) is 14.6. The van der Waals surface area contributed by atoms with E-state index in [-0.39, 0.29) is 12.2 Å². The van der Waals surface area contributed by atoms with Gasteiger partial charge in [-0.3, -0.25) is 9.36 Å². The van der Waals surface area contributed by atoms with Gasteiger partial charge in [-0.25, -0.2) is 9.79 Å². The first-order valence-electron chi connectivity index (χ1n) is 13.0. The van der Waals surface area contributed by atoms with Crippen molar-refractivity contribution in [1.82, 2.24) is 4.57 Å². The second-order valence-corrected chi connectivity index (χ2v) is 11.4. The second-order valence-electron chi connectivity index (χ2n) is 9.51. The van der Waals surface area contributed by atoms with E-state index in [0.717, 1.165) is 34.2 Å². The van der Waals surface area contributed by atoms with Crippen LogP contribution in [-0.2, 0) is 9.53 Å². The maximum Gasteiger partial charge on any atom is 0.338 e. The minimum absolute atomic E-state index is 0.208. The van der Waals surface area contributed by atoms with Crippen LogP contribution in [0.1, 0.15) is 76.1 Å². The fourth-order valence-corrected chi connectivity index (χ4v) is 5.82. The number of fused-ring (bicyclic) bond motifs is 1. The van der Waals surface area contributed by atoms with Crippen molar-refractivity contribution in [2.24, 2.45) is 4.99 Å². The number of aromatic nitrogens is 1. The lowest BCUT2D eigenvalue weighted by Crippen LogP contribution is -2.39. The molecule has 0 aliphatic carbocycles. The molecule has 0 saturated heterocycles. The number of hydrogen-bond acceptors (Lipinski definition) is 6. The largest absolute Gasteiger partial charge is 0.493 e. The Morgan fingerprint density at radius 1 is 1.18 bits per heavy atom. The third-order valence-electron chi connectivity index (χ3n) is 6.45. The van der Waals surface area contributed by atoms with Gasteiger partial charge in [-0.15, -0.1) is 0 Å². The van der Waals surface area contributed by atoms with Crippen LogP contribution < -0.4 is 19.6 Å². The summed E-state index contributed by atoms with van der Waals surface area (Å²) < 4.78 is 14.4. The lowest BCUT2D eigenvalue weighted by atomic mass is 9.93. The van der Waals surface area contributed by atoms with E-state index in [1.165, 1.54) is 16.9 Å². The number of hydrogen-bond donors (Lipinski definition) is 0. The molecule has 0 bridgehead atoms. The van der Waals surface area contributed by atoms with Crippen LogP contribution in [0.2, 0.25) is 0 Å². The summed E-state index contributed by atoms with van der Waals surface area (Å²) >= 11 is 4.85. The third-order valence-corrected chi connectivity index (χ3v) is 7.93. The van der Waals surface area contributed by atoms with Crippen molar-refractivity contribution >= 4 is 39.3 Å². The molecule has 1 aliphatic heterocycles. The number of unbranched alkanes of at least 4 members (excludes halogenated alkanes) is 1. The summed E-state index contributed by atoms with van der Waals surface area (Å²) in [6, 6.07) is 13.2. The Morgan fingerprint density at radius 2 is 1.92 bits per heavy atom. The summed E-state index contributed by atoms with van der Waals surface area (Å²) in [6.45, 7) is 10.8. The molecular weight excluding hydrogens is 564 g/mol. The molecule has 1 aliphatic rings. The van der Waals surface area contributed by atoms with Gasteiger partial charge in [-0.05, 0) is 61.6 Å². The summed E-state index contributed by atoms with van der Waals surface area (Å²) in [5.74, 6) is 0.628. The maximum atomic E-state index is 13.9. The van der Waals surface area contributed by atoms with Crippen LogP contribution in [0.4, 0.5) is 0 Å². The van der Waals surface area contributed by atoms with E-state index in [1.807, 2.05) is 36.4 Å². The van der Waals surface area contributed by atoms with Crippen molar-refractivity contribution in [2.45, 2.75) is 59.4 Å². The van der Waals surface area contributed by atoms with Crippen LogP contribution in [-0.4, -0.2) is 23.8 Å². The second kappa shape index (κ2) is 12.3. The lowest BCUT2D eigenvalue weighted by Gasteiger charge is -2.25. The molecule has 1 unspecified atom stereocenters. The molecule has 0 saturated carbocycles. The Labute approximate surface area is 235 Å². The molecule has 0 fully saturated rings. The standard InChI is InChI=1S/C30H33BrN2O4S/c1-6-8-15-37-24-14-13-23(31)16-22(24)17-25-28(34)33-27(21-11-9-20(10-12-21)18(3)4)26(29(35)36-7-2)19(5)32-30(33)38-25/h9-14,16-18,27H,6-8,15H2,1-5H3. The lowest BCUT2D eigenvalue weighted by molar-refractivity contribution is -0.139. The minimum atomic E-state index is -0.628. The number of esters is 1. The predicted octanol–water partition coefficient (Wildman–Crippen LogP) is 5.86. The molecular formula is C30H33BrN2O4S. The van der Waals surface area contributed by atoms with Crippen LogP contribution in [0.15, 0.2) is 68.0 Å². The molecule has 2 heterocycles. The van der Waals surface area contributed by atoms with E-state index in [2.05, 4.69) is 53.8 Å². The van der Waals surface area contributed by atoms with Gasteiger partial charge in [-0.2, -0.15) is 0 Å². The molecule has 6 nitrogen and oxygen atoms in total. The van der Waals surface area contributed by atoms with Gasteiger partial charge in [0.25, 0.3) is 5.56 Å². The minimum Gasteiger partial charge on any atom is -0.493 e. The third kappa shape index (κ3) is 5.86. The number of rotatable bonds is 9. The fraction of sp³-hybridized carbons (Fsp3) is 0.367. The summed E-state index contributed by atoms with van der Waals surface area (Å²) in [6.07, 6.45) is 3.83. The van der Waals surface area contributed by atoms with Crippen molar-refractivity contribution in [1.29, 1.82) is 0 Å². The summed E-state index contributed by atoms with van der Waals surface area (Å²) in [4.78, 5) is 32.3. The van der Waals surface area contributed by atoms with Gasteiger partial charge >= 0.3 is 5.97 Å². The van der Waals surface area contributed by atoms with Crippen LogP contribution in [0.25, 0.3) is 6.08 Å². The van der Waals surface area contributed by atoms with E-state index in [0.29, 0.717) is 33.1 Å². The number of carbonyl (C=O) groups is 1. The van der Waals surface area contributed by atoms with Crippen LogP contribution in [0.3, 0.4) is 0 Å². The quantitative estimate of drug-likeness (QED) is 0.229. The number of ether oxygens (including phenoxy) is 2. The van der Waals surface area contributed by atoms with Crippen LogP contribution >= 0.6 is 27.3 Å². The van der Waals surface area contributed by atoms with Gasteiger partial charge in [0.1, 0.15) is 5.75 Å². The number of nitrogens with zero attached hydrogens (tertiary/aromatic N) is 2. The molecule has 0 spiro atoms. The van der Waals surface area contributed by atoms with E-state index in [9.17, 15) is 9.59 Å². The van der Waals surface area contributed by atoms with E-state index in [4.69, 9.17) is 9.47 Å². The van der Waals surface area contributed by atoms with Crippen LogP contribution in [0, 0.1) is 0 Å². The van der Waals surface area contributed by atoms with Crippen molar-refractivity contribution < 1.29 is 14.3 Å². The average molecular weight is 598 g/mol. The Balaban J connectivity index is 1.89. The monoisotopic (exact) mass is 596 g/mol. The maximum absolute atomic E-state index is 13.9. The summed E-state index contributed by atoms with van der Waals surface area (Å²) in [7, 11) is 0. The zero-order valence-electron chi connectivity index (χ0n) is 22.4. The Morgan fingerprint density at radius 3 is 2.58 bits per heavy atom. The number of thiazole rings is 1. The Bertz CT molecular complexity index is 1530. The molecule has 0 amide bonds. The fourth-order valence-electron chi connectivity index (χ4n) is 4.40. The van der Waals surface area contributed by atoms with Crippen molar-refractivity contribution in [2.75, 3.05) is 13.2 Å². The number of halogens is 1. The van der Waals surface area contributed by atoms with Crippen LogP contribution in [0.5, 0.6) is 5.75 Å². The highest BCUT2D eigenvalue weighted by Crippen LogP contribution is 2.32. The highest BCUT2D eigenvalue weighted by molar-refractivity contribution is 9.10. The van der Waals surface area contributed by atoms with Gasteiger partial charge in [0.2, 0.25) is 0 Å². The predicted molar refractivity (Wildman–Crippen MR) is 155 cm³/mol. The zero-order chi connectivity index (χ0) is 27.4. The number of allylic oxidation sites excluding steroid dienone is 1. The molecule has 1 atom stereocenters. The van der Waals surface area contributed by atoms with E-state index < -0.39 is 12.0 Å². The smallest absolute Gasteiger partial charge is 0.338 e. The highest BCUT2D eigenvalue weighted by Gasteiger charge is 2.33. The average Bonchev–Trinajstić information content (AvgIpc) is 3.19. The molecule has 2 aromatic carbocycles. The summed E-state index contributed by atoms with van der Waals surface area (Å²) in [5.41, 5.74) is 3.56. The Kier molecular flexibility index (Phi) is 9.05. The zero-order valence-corrected chi connectivity index (χ0v) is 24.8. The molecule has 4 rings (SSSR count). The molecule has 3 aromatic rings. The molecule has 38 heavy (non-hydrogen) atoms. The van der Waals surface area contributed by atoms with Gasteiger partial charge in [0.15, 0.2) is 4.80 Å². The van der Waals surface area contributed by atoms with Gasteiger partial charge in [0.05, 0.1) is 35.1 Å². The van der Waals surface area contributed by atoms with Crippen molar-refractivity contribution in [3.05, 3.63) is 94.6 Å². The first-order chi connectivity index (χ1) is 18.2. The van der Waals surface area contributed by atoms with E-state index in [1.54, 1.807) is 18.4 Å². The van der Waals surface area contributed by atoms with Crippen molar-refractivity contribution in [3.63, 3.8) is 0 Å². The Hall–Kier alpha value is -2.97.